The second-order valence-corrected chi connectivity index (χ2v) is 9.96. The van der Waals surface area contributed by atoms with Crippen LogP contribution in [0, 0.1) is 11.8 Å². The highest BCUT2D eigenvalue weighted by atomic mass is 127. The Kier molecular flexibility index (Phi) is 7.60. The smallest absolute Gasteiger partial charge is 0.171 e. The highest BCUT2D eigenvalue weighted by molar-refractivity contribution is 14.1. The lowest BCUT2D eigenvalue weighted by Crippen LogP contribution is -2.38. The van der Waals surface area contributed by atoms with Crippen molar-refractivity contribution in [3.8, 4) is 0 Å². The fraction of sp³-hybridized carbons (Fsp3) is 0.778. The maximum Gasteiger partial charge on any atom is 0.171 e. The highest BCUT2D eigenvalue weighted by Crippen LogP contribution is 2.32. The summed E-state index contributed by atoms with van der Waals surface area (Å²) in [5, 5.41) is 0. The van der Waals surface area contributed by atoms with Gasteiger partial charge in [0.05, 0.1) is 0 Å². The molecule has 0 amide bonds. The summed E-state index contributed by atoms with van der Waals surface area (Å²) in [4.78, 5) is 3.24. The molecule has 132 valence electrons. The third-order valence-electron chi connectivity index (χ3n) is 5.07. The summed E-state index contributed by atoms with van der Waals surface area (Å²) >= 11 is 2.52. The van der Waals surface area contributed by atoms with Gasteiger partial charge < -0.3 is 4.90 Å². The molecule has 5 heteroatoms. The number of rotatable bonds is 7. The van der Waals surface area contributed by atoms with Crippen LogP contribution in [0.25, 0.3) is 0 Å². The van der Waals surface area contributed by atoms with Gasteiger partial charge in [-0.2, -0.15) is 0 Å². The van der Waals surface area contributed by atoms with Crippen molar-refractivity contribution in [2.24, 2.45) is 11.8 Å². The molecule has 1 unspecified atom stereocenters. The molecule has 23 heavy (non-hydrogen) atoms. The maximum atomic E-state index is 11.8. The van der Waals surface area contributed by atoms with E-state index < -0.39 is 9.84 Å². The monoisotopic (exact) mass is 451 g/mol. The summed E-state index contributed by atoms with van der Waals surface area (Å²) in [6.45, 7) is 5.81. The molecular formula is C18H30INO2S. The summed E-state index contributed by atoms with van der Waals surface area (Å²) in [6.07, 6.45) is 12.0. The van der Waals surface area contributed by atoms with Crippen LogP contribution in [-0.4, -0.2) is 43.6 Å². The second-order valence-electron chi connectivity index (χ2n) is 7.01. The van der Waals surface area contributed by atoms with Gasteiger partial charge in [0.15, 0.2) is 9.84 Å². The Labute approximate surface area is 155 Å². The van der Waals surface area contributed by atoms with Gasteiger partial charge in [-0.1, -0.05) is 42.0 Å². The van der Waals surface area contributed by atoms with Gasteiger partial charge in [0.2, 0.25) is 0 Å². The number of likely N-dealkylation sites (tertiary alicyclic amines) is 1. The number of hydrogen-bond acceptors (Lipinski definition) is 3. The SMILES string of the molecule is CCCC(CI)CN1CCC(C2=CCCC(S(C)(=O)=O)=C2)CC1. The number of nitrogens with zero attached hydrogens (tertiary/aromatic N) is 1. The Balaban J connectivity index is 1.89. The summed E-state index contributed by atoms with van der Waals surface area (Å²) in [6, 6.07) is 0. The van der Waals surface area contributed by atoms with E-state index in [9.17, 15) is 8.42 Å². The molecule has 0 aromatic carbocycles. The van der Waals surface area contributed by atoms with Gasteiger partial charge in [-0.15, -0.1) is 0 Å². The normalized spacial score (nSPS) is 22.6. The molecule has 0 spiro atoms. The zero-order chi connectivity index (χ0) is 16.9. The predicted octanol–water partition coefficient (Wildman–Crippen LogP) is 4.20. The molecule has 1 saturated heterocycles. The van der Waals surface area contributed by atoms with E-state index in [-0.39, 0.29) is 0 Å². The van der Waals surface area contributed by atoms with E-state index in [0.29, 0.717) is 17.2 Å². The van der Waals surface area contributed by atoms with E-state index in [4.69, 9.17) is 0 Å². The number of sulfone groups is 1. The van der Waals surface area contributed by atoms with Gasteiger partial charge in [0.1, 0.15) is 0 Å². The van der Waals surface area contributed by atoms with Gasteiger partial charge in [-0.25, -0.2) is 8.42 Å². The van der Waals surface area contributed by atoms with Crippen LogP contribution >= 0.6 is 22.6 Å². The minimum absolute atomic E-state index is 0.549. The van der Waals surface area contributed by atoms with Crippen LogP contribution in [0.4, 0.5) is 0 Å². The minimum Gasteiger partial charge on any atom is -0.303 e. The van der Waals surface area contributed by atoms with Gasteiger partial charge in [-0.3, -0.25) is 0 Å². The summed E-state index contributed by atoms with van der Waals surface area (Å²) in [7, 11) is -3.02. The Morgan fingerprint density at radius 1 is 1.35 bits per heavy atom. The van der Waals surface area contributed by atoms with E-state index in [1.54, 1.807) is 0 Å². The lowest BCUT2D eigenvalue weighted by Gasteiger charge is -2.35. The third kappa shape index (κ3) is 5.85. The van der Waals surface area contributed by atoms with Crippen LogP contribution in [0.3, 0.4) is 0 Å². The minimum atomic E-state index is -3.02. The van der Waals surface area contributed by atoms with Crippen LogP contribution in [0.5, 0.6) is 0 Å². The average Bonchev–Trinajstić information content (AvgIpc) is 2.54. The molecule has 0 N–H and O–H groups in total. The van der Waals surface area contributed by atoms with Crippen molar-refractivity contribution in [1.82, 2.24) is 4.90 Å². The average molecular weight is 451 g/mol. The molecule has 3 nitrogen and oxygen atoms in total. The van der Waals surface area contributed by atoms with E-state index >= 15 is 0 Å². The largest absolute Gasteiger partial charge is 0.303 e. The van der Waals surface area contributed by atoms with Crippen molar-refractivity contribution >= 4 is 32.4 Å². The molecule has 1 heterocycles. The summed E-state index contributed by atoms with van der Waals surface area (Å²) in [5.41, 5.74) is 1.27. The van der Waals surface area contributed by atoms with Crippen LogP contribution < -0.4 is 0 Å². The highest BCUT2D eigenvalue weighted by Gasteiger charge is 2.25. The van der Waals surface area contributed by atoms with Crippen molar-refractivity contribution in [3.05, 3.63) is 22.6 Å². The number of piperidine rings is 1. The quantitative estimate of drug-likeness (QED) is 0.430. The predicted molar refractivity (Wildman–Crippen MR) is 107 cm³/mol. The second kappa shape index (κ2) is 8.99. The van der Waals surface area contributed by atoms with E-state index in [1.807, 2.05) is 6.08 Å². The number of alkyl halides is 1. The Morgan fingerprint density at radius 2 is 2.04 bits per heavy atom. The lowest BCUT2D eigenvalue weighted by molar-refractivity contribution is 0.175. The molecule has 0 aromatic rings. The molecule has 0 saturated carbocycles. The molecule has 1 aliphatic carbocycles. The van der Waals surface area contributed by atoms with Crippen LogP contribution in [0.15, 0.2) is 22.6 Å². The summed E-state index contributed by atoms with van der Waals surface area (Å²) in [5.74, 6) is 1.37. The molecule has 0 radical (unpaired) electrons. The maximum absolute atomic E-state index is 11.8. The zero-order valence-corrected chi connectivity index (χ0v) is 17.4. The topological polar surface area (TPSA) is 37.4 Å². The standard InChI is InChI=1S/C18H30INO2S/c1-3-5-15(13-19)14-20-10-8-16(9-11-20)17-6-4-7-18(12-17)23(2,21)22/h6,12,15-16H,3-5,7-11,13-14H2,1-2H3. The van der Waals surface area contributed by atoms with E-state index in [2.05, 4.69) is 40.5 Å². The van der Waals surface area contributed by atoms with Crippen LogP contribution in [0.1, 0.15) is 45.4 Å². The van der Waals surface area contributed by atoms with Crippen molar-refractivity contribution in [1.29, 1.82) is 0 Å². The third-order valence-corrected chi connectivity index (χ3v) is 7.59. The number of hydrogen-bond donors (Lipinski definition) is 0. The zero-order valence-electron chi connectivity index (χ0n) is 14.4. The fourth-order valence-corrected chi connectivity index (χ4v) is 5.27. The van der Waals surface area contributed by atoms with Crippen molar-refractivity contribution in [3.63, 3.8) is 0 Å². The summed E-state index contributed by atoms with van der Waals surface area (Å²) < 4.78 is 24.8. The number of allylic oxidation sites excluding steroid dienone is 4. The first-order valence-corrected chi connectivity index (χ1v) is 12.2. The molecule has 2 aliphatic rings. The molecule has 2 rings (SSSR count). The van der Waals surface area contributed by atoms with Crippen LogP contribution in [0.2, 0.25) is 0 Å². The van der Waals surface area contributed by atoms with Crippen molar-refractivity contribution in [2.45, 2.75) is 45.4 Å². The molecule has 0 bridgehead atoms. The van der Waals surface area contributed by atoms with Gasteiger partial charge in [0, 0.05) is 22.1 Å². The Bertz CT molecular complexity index is 545. The van der Waals surface area contributed by atoms with Gasteiger partial charge >= 0.3 is 0 Å². The van der Waals surface area contributed by atoms with Gasteiger partial charge in [-0.05, 0) is 68.7 Å². The first-order chi connectivity index (χ1) is 10.9. The molecule has 0 aromatic heterocycles. The molecular weight excluding hydrogens is 421 g/mol. The fourth-order valence-electron chi connectivity index (χ4n) is 3.71. The van der Waals surface area contributed by atoms with Crippen molar-refractivity contribution < 1.29 is 8.42 Å². The van der Waals surface area contributed by atoms with E-state index in [0.717, 1.165) is 25.4 Å². The number of halogens is 1. The molecule has 1 fully saturated rings. The van der Waals surface area contributed by atoms with Crippen LogP contribution in [-0.2, 0) is 9.84 Å². The first-order valence-electron chi connectivity index (χ1n) is 8.83. The molecule has 1 aliphatic heterocycles. The molecule has 1 atom stereocenters. The van der Waals surface area contributed by atoms with Gasteiger partial charge in [0.25, 0.3) is 0 Å². The van der Waals surface area contributed by atoms with E-state index in [1.165, 1.54) is 48.5 Å². The Hall–Kier alpha value is 0.120. The Morgan fingerprint density at radius 3 is 2.61 bits per heavy atom. The lowest BCUT2D eigenvalue weighted by atomic mass is 9.86. The first kappa shape index (κ1) is 19.4. The van der Waals surface area contributed by atoms with Crippen molar-refractivity contribution in [2.75, 3.05) is 30.3 Å².